The van der Waals surface area contributed by atoms with E-state index in [0.717, 1.165) is 25.1 Å². The van der Waals surface area contributed by atoms with Crippen LogP contribution in [0.3, 0.4) is 0 Å². The minimum atomic E-state index is 0.266. The third kappa shape index (κ3) is 3.07. The summed E-state index contributed by atoms with van der Waals surface area (Å²) < 4.78 is 0. The number of hydrogen-bond donors (Lipinski definition) is 1. The van der Waals surface area contributed by atoms with E-state index in [9.17, 15) is 4.79 Å². The van der Waals surface area contributed by atoms with Gasteiger partial charge in [-0.25, -0.2) is 0 Å². The Morgan fingerprint density at radius 2 is 2.42 bits per heavy atom. The third-order valence-electron chi connectivity index (χ3n) is 2.06. The molecule has 0 aliphatic carbocycles. The van der Waals surface area contributed by atoms with Gasteiger partial charge in [-0.15, -0.1) is 0 Å². The Kier molecular flexibility index (Phi) is 3.85. The molecular formula is C10H17NO. The molecule has 1 rings (SSSR count). The standard InChI is InChI=1S/C10H17NO/c1-2-5-10(12)8-9-6-3-4-7-11-9/h8,11H,2-7H2,1H3/b9-8-. The van der Waals surface area contributed by atoms with Crippen LogP contribution in [0, 0.1) is 0 Å². The van der Waals surface area contributed by atoms with Crippen LogP contribution in [0.25, 0.3) is 0 Å². The van der Waals surface area contributed by atoms with E-state index in [2.05, 4.69) is 5.32 Å². The van der Waals surface area contributed by atoms with Gasteiger partial charge >= 0.3 is 0 Å². The highest BCUT2D eigenvalue weighted by Gasteiger charge is 2.05. The Balaban J connectivity index is 2.37. The van der Waals surface area contributed by atoms with Gasteiger partial charge in [-0.05, 0) is 25.7 Å². The van der Waals surface area contributed by atoms with Crippen LogP contribution in [0.4, 0.5) is 0 Å². The van der Waals surface area contributed by atoms with E-state index in [-0.39, 0.29) is 5.78 Å². The molecular weight excluding hydrogens is 150 g/mol. The van der Waals surface area contributed by atoms with E-state index in [1.165, 1.54) is 12.8 Å². The zero-order valence-corrected chi connectivity index (χ0v) is 7.73. The summed E-state index contributed by atoms with van der Waals surface area (Å²) in [6.45, 7) is 3.07. The SMILES string of the molecule is CCCC(=O)/C=C1/CCCCN1. The van der Waals surface area contributed by atoms with Crippen LogP contribution >= 0.6 is 0 Å². The Bertz CT molecular complexity index is 176. The summed E-state index contributed by atoms with van der Waals surface area (Å²) in [6, 6.07) is 0. The Morgan fingerprint density at radius 3 is 3.00 bits per heavy atom. The van der Waals surface area contributed by atoms with Gasteiger partial charge in [0.2, 0.25) is 0 Å². The van der Waals surface area contributed by atoms with Crippen molar-refractivity contribution in [2.75, 3.05) is 6.54 Å². The molecule has 1 fully saturated rings. The molecule has 0 spiro atoms. The smallest absolute Gasteiger partial charge is 0.157 e. The molecule has 0 saturated carbocycles. The van der Waals surface area contributed by atoms with Crippen molar-refractivity contribution in [3.8, 4) is 0 Å². The van der Waals surface area contributed by atoms with Crippen molar-refractivity contribution in [1.29, 1.82) is 0 Å². The molecule has 1 aliphatic rings. The second-order valence-corrected chi connectivity index (χ2v) is 3.27. The summed E-state index contributed by atoms with van der Waals surface area (Å²) in [4.78, 5) is 11.2. The first-order valence-corrected chi connectivity index (χ1v) is 4.80. The molecule has 1 aliphatic heterocycles. The molecule has 1 N–H and O–H groups in total. The summed E-state index contributed by atoms with van der Waals surface area (Å²) in [5.74, 6) is 0.266. The molecule has 0 aromatic rings. The predicted octanol–water partition coefficient (Wildman–Crippen LogP) is 2.01. The zero-order chi connectivity index (χ0) is 8.81. The maximum Gasteiger partial charge on any atom is 0.157 e. The molecule has 1 heterocycles. The lowest BCUT2D eigenvalue weighted by Crippen LogP contribution is -2.20. The normalized spacial score (nSPS) is 20.6. The number of nitrogens with one attached hydrogen (secondary N) is 1. The largest absolute Gasteiger partial charge is 0.388 e. The van der Waals surface area contributed by atoms with Gasteiger partial charge in [0.25, 0.3) is 0 Å². The van der Waals surface area contributed by atoms with Gasteiger partial charge in [-0.2, -0.15) is 0 Å². The number of hydrogen-bond acceptors (Lipinski definition) is 2. The molecule has 0 unspecified atom stereocenters. The molecule has 68 valence electrons. The fourth-order valence-corrected chi connectivity index (χ4v) is 1.41. The van der Waals surface area contributed by atoms with Crippen molar-refractivity contribution in [3.63, 3.8) is 0 Å². The molecule has 0 aromatic heterocycles. The molecule has 0 bridgehead atoms. The topological polar surface area (TPSA) is 29.1 Å². The van der Waals surface area contributed by atoms with Gasteiger partial charge < -0.3 is 5.32 Å². The first kappa shape index (κ1) is 9.30. The summed E-state index contributed by atoms with van der Waals surface area (Å²) in [5, 5.41) is 3.25. The van der Waals surface area contributed by atoms with E-state index in [0.29, 0.717) is 6.42 Å². The van der Waals surface area contributed by atoms with Crippen molar-refractivity contribution >= 4 is 5.78 Å². The fourth-order valence-electron chi connectivity index (χ4n) is 1.41. The average Bonchev–Trinajstić information content (AvgIpc) is 2.06. The Labute approximate surface area is 74.0 Å². The highest BCUT2D eigenvalue weighted by molar-refractivity contribution is 5.90. The van der Waals surface area contributed by atoms with Crippen LogP contribution in [0.1, 0.15) is 39.0 Å². The van der Waals surface area contributed by atoms with Crippen molar-refractivity contribution in [1.82, 2.24) is 5.32 Å². The van der Waals surface area contributed by atoms with E-state index < -0.39 is 0 Å². The number of piperidine rings is 1. The molecule has 1 saturated heterocycles. The summed E-state index contributed by atoms with van der Waals surface area (Å²) >= 11 is 0. The maximum atomic E-state index is 11.2. The van der Waals surface area contributed by atoms with Crippen LogP contribution in [0.5, 0.6) is 0 Å². The average molecular weight is 167 g/mol. The van der Waals surface area contributed by atoms with E-state index in [1.54, 1.807) is 6.08 Å². The van der Waals surface area contributed by atoms with E-state index in [1.807, 2.05) is 6.92 Å². The Morgan fingerprint density at radius 1 is 1.58 bits per heavy atom. The van der Waals surface area contributed by atoms with Crippen molar-refractivity contribution in [3.05, 3.63) is 11.8 Å². The van der Waals surface area contributed by atoms with E-state index in [4.69, 9.17) is 0 Å². The van der Waals surface area contributed by atoms with Gasteiger partial charge in [-0.3, -0.25) is 4.79 Å². The number of carbonyl (C=O) groups is 1. The minimum Gasteiger partial charge on any atom is -0.388 e. The first-order valence-electron chi connectivity index (χ1n) is 4.80. The lowest BCUT2D eigenvalue weighted by molar-refractivity contribution is -0.114. The van der Waals surface area contributed by atoms with E-state index >= 15 is 0 Å². The summed E-state index contributed by atoms with van der Waals surface area (Å²) in [7, 11) is 0. The van der Waals surface area contributed by atoms with Crippen molar-refractivity contribution in [2.45, 2.75) is 39.0 Å². The molecule has 0 amide bonds. The minimum absolute atomic E-state index is 0.266. The highest BCUT2D eigenvalue weighted by atomic mass is 16.1. The molecule has 2 heteroatoms. The van der Waals surface area contributed by atoms with Gasteiger partial charge in [0.1, 0.15) is 0 Å². The van der Waals surface area contributed by atoms with Gasteiger partial charge in [-0.1, -0.05) is 6.92 Å². The predicted molar refractivity (Wildman–Crippen MR) is 49.9 cm³/mol. The molecule has 0 aromatic carbocycles. The zero-order valence-electron chi connectivity index (χ0n) is 7.73. The second kappa shape index (κ2) is 4.96. The summed E-state index contributed by atoms with van der Waals surface area (Å²) in [5.41, 5.74) is 1.14. The lowest BCUT2D eigenvalue weighted by Gasteiger charge is -2.15. The van der Waals surface area contributed by atoms with Crippen LogP contribution < -0.4 is 5.32 Å². The second-order valence-electron chi connectivity index (χ2n) is 3.27. The highest BCUT2D eigenvalue weighted by Crippen LogP contribution is 2.10. The Hall–Kier alpha value is -0.790. The number of carbonyl (C=O) groups excluding carboxylic acids is 1. The number of rotatable bonds is 3. The molecule has 0 radical (unpaired) electrons. The van der Waals surface area contributed by atoms with Crippen LogP contribution in [0.15, 0.2) is 11.8 Å². The van der Waals surface area contributed by atoms with Crippen LogP contribution in [-0.2, 0) is 4.79 Å². The summed E-state index contributed by atoms with van der Waals surface area (Å²) in [6.07, 6.45) is 6.92. The lowest BCUT2D eigenvalue weighted by atomic mass is 10.1. The van der Waals surface area contributed by atoms with Crippen molar-refractivity contribution < 1.29 is 4.79 Å². The molecule has 12 heavy (non-hydrogen) atoms. The molecule has 2 nitrogen and oxygen atoms in total. The van der Waals surface area contributed by atoms with Crippen molar-refractivity contribution in [2.24, 2.45) is 0 Å². The van der Waals surface area contributed by atoms with Crippen LogP contribution in [-0.4, -0.2) is 12.3 Å². The van der Waals surface area contributed by atoms with Gasteiger partial charge in [0.05, 0.1) is 0 Å². The first-order chi connectivity index (χ1) is 5.83. The number of allylic oxidation sites excluding steroid dienone is 2. The van der Waals surface area contributed by atoms with Gasteiger partial charge in [0, 0.05) is 24.7 Å². The third-order valence-corrected chi connectivity index (χ3v) is 2.06. The monoisotopic (exact) mass is 167 g/mol. The van der Waals surface area contributed by atoms with Crippen LogP contribution in [0.2, 0.25) is 0 Å². The quantitative estimate of drug-likeness (QED) is 0.651. The fraction of sp³-hybridized carbons (Fsp3) is 0.700. The van der Waals surface area contributed by atoms with Gasteiger partial charge in [0.15, 0.2) is 5.78 Å². The maximum absolute atomic E-state index is 11.2. The molecule has 0 atom stereocenters. The number of ketones is 1.